The molecule has 4 heteroatoms. The van der Waals surface area contributed by atoms with Crippen LogP contribution in [-0.2, 0) is 0 Å². The summed E-state index contributed by atoms with van der Waals surface area (Å²) in [5, 5.41) is 7.55. The molecule has 0 atom stereocenters. The van der Waals surface area contributed by atoms with E-state index in [-0.39, 0.29) is 0 Å². The Morgan fingerprint density at radius 1 is 0.487 bits per heavy atom. The molecule has 182 valence electrons. The molecule has 39 heavy (non-hydrogen) atoms. The van der Waals surface area contributed by atoms with Gasteiger partial charge in [-0.25, -0.2) is 4.98 Å². The van der Waals surface area contributed by atoms with Crippen LogP contribution >= 0.6 is 11.3 Å². The van der Waals surface area contributed by atoms with E-state index in [1.165, 1.54) is 59.1 Å². The van der Waals surface area contributed by atoms with Gasteiger partial charge in [-0.3, -0.25) is 0 Å². The molecule has 0 unspecified atom stereocenters. The Bertz CT molecular complexity index is 2390. The second-order valence-electron chi connectivity index (χ2n) is 10.1. The van der Waals surface area contributed by atoms with Crippen molar-refractivity contribution in [2.75, 3.05) is 0 Å². The monoisotopic (exact) mass is 515 g/mol. The second-order valence-corrected chi connectivity index (χ2v) is 11.0. The average molecular weight is 516 g/mol. The Balaban J connectivity index is 1.58. The fourth-order valence-electron chi connectivity index (χ4n) is 6.40. The van der Waals surface area contributed by atoms with E-state index in [1.54, 1.807) is 11.3 Å². The zero-order chi connectivity index (χ0) is 25.5. The molecule has 0 saturated heterocycles. The second kappa shape index (κ2) is 7.79. The number of aromatic nitrogens is 3. The Morgan fingerprint density at radius 2 is 1.18 bits per heavy atom. The number of fused-ring (bicyclic) bond motifs is 10. The first-order valence-electron chi connectivity index (χ1n) is 13.1. The third kappa shape index (κ3) is 2.84. The van der Waals surface area contributed by atoms with Crippen LogP contribution < -0.4 is 0 Å². The standard InChI is InChI=1S/C35H21N3S/c1-2-9-23(10-3-1)38-33-25-11-5-4-8-22(25)14-16-28(33)29-18-17-27-26-12-6-7-13-31(26)37(34(27)35(29)38)24-15-19-30-32(20-24)39-21-36-30/h1-21H. The van der Waals surface area contributed by atoms with E-state index in [1.807, 2.05) is 5.51 Å². The molecule has 3 nitrogen and oxygen atoms in total. The first-order chi connectivity index (χ1) is 19.4. The number of benzene rings is 6. The van der Waals surface area contributed by atoms with Crippen molar-refractivity contribution in [3.05, 3.63) is 127 Å². The maximum absolute atomic E-state index is 4.53. The first-order valence-corrected chi connectivity index (χ1v) is 14.0. The van der Waals surface area contributed by atoms with Crippen LogP contribution in [0.25, 0.3) is 76.0 Å². The van der Waals surface area contributed by atoms with Crippen molar-refractivity contribution in [1.82, 2.24) is 14.1 Å². The summed E-state index contributed by atoms with van der Waals surface area (Å²) in [6.45, 7) is 0. The van der Waals surface area contributed by atoms with Gasteiger partial charge >= 0.3 is 0 Å². The maximum Gasteiger partial charge on any atom is 0.0813 e. The van der Waals surface area contributed by atoms with Crippen LogP contribution in [0, 0.1) is 0 Å². The molecule has 0 spiro atoms. The van der Waals surface area contributed by atoms with Gasteiger partial charge < -0.3 is 9.13 Å². The first kappa shape index (κ1) is 21.1. The fourth-order valence-corrected chi connectivity index (χ4v) is 7.11. The molecule has 0 N–H and O–H groups in total. The number of thiazole rings is 1. The molecule has 0 aliphatic rings. The van der Waals surface area contributed by atoms with Crippen LogP contribution in [0.3, 0.4) is 0 Å². The van der Waals surface area contributed by atoms with Gasteiger partial charge in [0.1, 0.15) is 0 Å². The molecule has 0 amide bonds. The zero-order valence-corrected chi connectivity index (χ0v) is 21.7. The molecule has 6 aromatic carbocycles. The molecule has 0 aliphatic carbocycles. The van der Waals surface area contributed by atoms with Crippen LogP contribution in [0.4, 0.5) is 0 Å². The topological polar surface area (TPSA) is 22.8 Å². The molecular weight excluding hydrogens is 494 g/mol. The largest absolute Gasteiger partial charge is 0.307 e. The Labute approximate surface area is 227 Å². The summed E-state index contributed by atoms with van der Waals surface area (Å²) >= 11 is 1.69. The van der Waals surface area contributed by atoms with Gasteiger partial charge in [0.15, 0.2) is 0 Å². The number of para-hydroxylation sites is 2. The van der Waals surface area contributed by atoms with Crippen molar-refractivity contribution in [2.45, 2.75) is 0 Å². The fraction of sp³-hybridized carbons (Fsp3) is 0. The molecule has 0 saturated carbocycles. The van der Waals surface area contributed by atoms with Crippen LogP contribution in [0.2, 0.25) is 0 Å². The average Bonchev–Trinajstić information content (AvgIpc) is 3.69. The third-order valence-electron chi connectivity index (χ3n) is 8.04. The summed E-state index contributed by atoms with van der Waals surface area (Å²) in [5.74, 6) is 0. The van der Waals surface area contributed by atoms with Crippen LogP contribution in [0.1, 0.15) is 0 Å². The molecule has 3 heterocycles. The molecular formula is C35H21N3S. The summed E-state index contributed by atoms with van der Waals surface area (Å²) in [6, 6.07) is 44.1. The minimum absolute atomic E-state index is 1.04. The molecule has 0 radical (unpaired) electrons. The van der Waals surface area contributed by atoms with Crippen molar-refractivity contribution >= 4 is 75.9 Å². The van der Waals surface area contributed by atoms with E-state index in [4.69, 9.17) is 0 Å². The van der Waals surface area contributed by atoms with Crippen molar-refractivity contribution in [2.24, 2.45) is 0 Å². The van der Waals surface area contributed by atoms with Gasteiger partial charge in [-0.05, 0) is 41.8 Å². The van der Waals surface area contributed by atoms with E-state index in [2.05, 4.69) is 135 Å². The maximum atomic E-state index is 4.53. The predicted molar refractivity (Wildman–Crippen MR) is 166 cm³/mol. The summed E-state index contributed by atoms with van der Waals surface area (Å²) < 4.78 is 6.13. The van der Waals surface area contributed by atoms with Gasteiger partial charge in [0.05, 0.1) is 37.8 Å². The summed E-state index contributed by atoms with van der Waals surface area (Å²) in [4.78, 5) is 4.53. The molecule has 0 bridgehead atoms. The van der Waals surface area contributed by atoms with E-state index < -0.39 is 0 Å². The van der Waals surface area contributed by atoms with Crippen molar-refractivity contribution in [3.63, 3.8) is 0 Å². The molecule has 0 fully saturated rings. The third-order valence-corrected chi connectivity index (χ3v) is 8.83. The lowest BCUT2D eigenvalue weighted by Crippen LogP contribution is -1.98. The van der Waals surface area contributed by atoms with E-state index in [0.717, 1.165) is 16.9 Å². The highest BCUT2D eigenvalue weighted by Crippen LogP contribution is 2.43. The van der Waals surface area contributed by atoms with Crippen molar-refractivity contribution < 1.29 is 0 Å². The molecule has 9 rings (SSSR count). The predicted octanol–water partition coefficient (Wildman–Crippen LogP) is 9.64. The number of nitrogens with zero attached hydrogens (tertiary/aromatic N) is 3. The van der Waals surface area contributed by atoms with E-state index in [9.17, 15) is 0 Å². The van der Waals surface area contributed by atoms with Crippen LogP contribution in [-0.4, -0.2) is 14.1 Å². The molecule has 0 aliphatic heterocycles. The highest BCUT2D eigenvalue weighted by Gasteiger charge is 2.22. The smallest absolute Gasteiger partial charge is 0.0813 e. The lowest BCUT2D eigenvalue weighted by molar-refractivity contribution is 1.15. The van der Waals surface area contributed by atoms with Crippen molar-refractivity contribution in [1.29, 1.82) is 0 Å². The van der Waals surface area contributed by atoms with Gasteiger partial charge in [0.25, 0.3) is 0 Å². The van der Waals surface area contributed by atoms with Gasteiger partial charge in [-0.2, -0.15) is 0 Å². The number of rotatable bonds is 2. The summed E-state index contributed by atoms with van der Waals surface area (Å²) in [5.41, 5.74) is 10.2. The normalized spacial score (nSPS) is 12.1. The number of hydrogen-bond acceptors (Lipinski definition) is 2. The quantitative estimate of drug-likeness (QED) is 0.225. The van der Waals surface area contributed by atoms with E-state index >= 15 is 0 Å². The van der Waals surface area contributed by atoms with Crippen LogP contribution in [0.5, 0.6) is 0 Å². The summed E-state index contributed by atoms with van der Waals surface area (Å²) in [7, 11) is 0. The summed E-state index contributed by atoms with van der Waals surface area (Å²) in [6.07, 6.45) is 0. The minimum Gasteiger partial charge on any atom is -0.307 e. The highest BCUT2D eigenvalue weighted by molar-refractivity contribution is 7.16. The number of hydrogen-bond donors (Lipinski definition) is 0. The van der Waals surface area contributed by atoms with Gasteiger partial charge in [0.2, 0.25) is 0 Å². The Kier molecular flexibility index (Phi) is 4.21. The van der Waals surface area contributed by atoms with Crippen molar-refractivity contribution in [3.8, 4) is 11.4 Å². The Morgan fingerprint density at radius 3 is 2.08 bits per heavy atom. The lowest BCUT2D eigenvalue weighted by Gasteiger charge is -2.13. The van der Waals surface area contributed by atoms with Gasteiger partial charge in [0, 0.05) is 38.3 Å². The lowest BCUT2D eigenvalue weighted by atomic mass is 10.0. The highest BCUT2D eigenvalue weighted by atomic mass is 32.1. The zero-order valence-electron chi connectivity index (χ0n) is 20.9. The van der Waals surface area contributed by atoms with Gasteiger partial charge in [-0.1, -0.05) is 84.9 Å². The minimum atomic E-state index is 1.04. The molecule has 3 aromatic heterocycles. The molecule has 9 aromatic rings. The van der Waals surface area contributed by atoms with E-state index in [0.29, 0.717) is 0 Å². The van der Waals surface area contributed by atoms with Crippen LogP contribution in [0.15, 0.2) is 127 Å². The SMILES string of the molecule is c1ccc(-n2c3c4ccccc4ccc3c3ccc4c5ccccc5n(-c5ccc6ncsc6c5)c4c32)cc1. The Hall–Kier alpha value is -4.93. The van der Waals surface area contributed by atoms with Gasteiger partial charge in [-0.15, -0.1) is 11.3 Å².